The minimum absolute atomic E-state index is 0.151. The topological polar surface area (TPSA) is 51.5 Å². The number of methoxy groups -OCH3 is 1. The van der Waals surface area contributed by atoms with Crippen molar-refractivity contribution in [1.82, 2.24) is 14.6 Å². The number of anilines is 1. The van der Waals surface area contributed by atoms with Gasteiger partial charge in [0, 0.05) is 31.6 Å². The van der Waals surface area contributed by atoms with Crippen molar-refractivity contribution < 1.29 is 17.9 Å². The molecule has 2 unspecified atom stereocenters. The highest BCUT2D eigenvalue weighted by Crippen LogP contribution is 2.31. The molecule has 0 aromatic carbocycles. The largest absolute Gasteiger partial charge is 0.435 e. The van der Waals surface area contributed by atoms with Crippen molar-refractivity contribution in [1.29, 1.82) is 0 Å². The Kier molecular flexibility index (Phi) is 3.48. The summed E-state index contributed by atoms with van der Waals surface area (Å²) in [6, 6.07) is 1.16. The second kappa shape index (κ2) is 5.18. The molecule has 1 aliphatic carbocycles. The van der Waals surface area contributed by atoms with Crippen molar-refractivity contribution in [2.75, 3.05) is 12.4 Å². The minimum Gasteiger partial charge on any atom is -0.381 e. The Hall–Kier alpha value is -1.83. The number of nitrogens with one attached hydrogen (secondary N) is 1. The van der Waals surface area contributed by atoms with Crippen LogP contribution in [-0.2, 0) is 10.9 Å². The fourth-order valence-electron chi connectivity index (χ4n) is 2.65. The molecule has 2 atom stereocenters. The van der Waals surface area contributed by atoms with Gasteiger partial charge in [0.25, 0.3) is 0 Å². The van der Waals surface area contributed by atoms with Crippen LogP contribution < -0.4 is 5.32 Å². The summed E-state index contributed by atoms with van der Waals surface area (Å²) in [5.41, 5.74) is -0.592. The molecule has 0 bridgehead atoms. The number of rotatable bonds is 3. The molecule has 0 saturated heterocycles. The first kappa shape index (κ1) is 14.1. The third-order valence-electron chi connectivity index (χ3n) is 3.74. The lowest BCUT2D eigenvalue weighted by molar-refractivity contribution is -0.141. The van der Waals surface area contributed by atoms with Crippen molar-refractivity contribution >= 4 is 11.3 Å². The van der Waals surface area contributed by atoms with Crippen molar-refractivity contribution in [2.24, 2.45) is 0 Å². The van der Waals surface area contributed by atoms with E-state index in [9.17, 15) is 13.2 Å². The van der Waals surface area contributed by atoms with Crippen LogP contribution in [0.4, 0.5) is 19.0 Å². The van der Waals surface area contributed by atoms with E-state index in [0.29, 0.717) is 11.3 Å². The fraction of sp³-hybridized carbons (Fsp3) is 0.538. The summed E-state index contributed by atoms with van der Waals surface area (Å²) in [4.78, 5) is 4.14. The molecule has 5 nitrogen and oxygen atoms in total. The summed E-state index contributed by atoms with van der Waals surface area (Å²) >= 11 is 0. The van der Waals surface area contributed by atoms with Crippen LogP contribution in [0.15, 0.2) is 18.5 Å². The number of aromatic nitrogens is 3. The lowest BCUT2D eigenvalue weighted by atomic mass is 10.2. The van der Waals surface area contributed by atoms with Crippen molar-refractivity contribution in [3.8, 4) is 0 Å². The molecule has 0 radical (unpaired) electrons. The van der Waals surface area contributed by atoms with Crippen LogP contribution >= 0.6 is 0 Å². The van der Waals surface area contributed by atoms with E-state index in [-0.39, 0.29) is 12.1 Å². The van der Waals surface area contributed by atoms with Gasteiger partial charge in [-0.15, -0.1) is 0 Å². The van der Waals surface area contributed by atoms with Crippen LogP contribution in [0.1, 0.15) is 25.0 Å². The molecule has 2 aromatic heterocycles. The van der Waals surface area contributed by atoms with Gasteiger partial charge >= 0.3 is 6.18 Å². The molecule has 0 aliphatic heterocycles. The highest BCUT2D eigenvalue weighted by Gasteiger charge is 2.34. The number of nitrogens with zero attached hydrogens (tertiary/aromatic N) is 3. The van der Waals surface area contributed by atoms with Crippen LogP contribution in [-0.4, -0.2) is 33.9 Å². The maximum Gasteiger partial charge on any atom is 0.435 e. The first-order valence-corrected chi connectivity index (χ1v) is 6.68. The standard InChI is InChI=1S/C13H15F3N4O/c1-21-9-3-2-8(6-9)18-12-10-7-11(13(14,15)16)19-20(10)5-4-17-12/h4-5,7-9H,2-3,6H2,1H3,(H,17,18). The van der Waals surface area contributed by atoms with Crippen molar-refractivity contribution in [2.45, 2.75) is 37.6 Å². The number of fused-ring (bicyclic) bond motifs is 1. The smallest absolute Gasteiger partial charge is 0.381 e. The van der Waals surface area contributed by atoms with Crippen LogP contribution in [0.3, 0.4) is 0 Å². The van der Waals surface area contributed by atoms with Gasteiger partial charge in [-0.05, 0) is 19.3 Å². The minimum atomic E-state index is -4.46. The predicted octanol–water partition coefficient (Wildman–Crippen LogP) is 2.73. The van der Waals surface area contributed by atoms with E-state index in [2.05, 4.69) is 15.4 Å². The quantitative estimate of drug-likeness (QED) is 0.947. The molecule has 0 amide bonds. The van der Waals surface area contributed by atoms with Gasteiger partial charge in [-0.25, -0.2) is 9.50 Å². The summed E-state index contributed by atoms with van der Waals surface area (Å²) < 4.78 is 44.7. The molecule has 2 aromatic rings. The van der Waals surface area contributed by atoms with Crippen LogP contribution in [0.25, 0.3) is 5.52 Å². The lowest BCUT2D eigenvalue weighted by Crippen LogP contribution is -2.18. The van der Waals surface area contributed by atoms with E-state index in [0.717, 1.165) is 25.3 Å². The van der Waals surface area contributed by atoms with Crippen molar-refractivity contribution in [3.05, 3.63) is 24.2 Å². The number of hydrogen-bond donors (Lipinski definition) is 1. The van der Waals surface area contributed by atoms with Gasteiger partial charge in [0.1, 0.15) is 5.52 Å². The Labute approximate surface area is 119 Å². The number of halogens is 3. The molecule has 1 aliphatic rings. The van der Waals surface area contributed by atoms with Gasteiger partial charge in [-0.1, -0.05) is 0 Å². The zero-order valence-electron chi connectivity index (χ0n) is 11.4. The number of hydrogen-bond acceptors (Lipinski definition) is 4. The van der Waals surface area contributed by atoms with E-state index in [1.807, 2.05) is 0 Å². The highest BCUT2D eigenvalue weighted by atomic mass is 19.4. The molecule has 114 valence electrons. The third kappa shape index (κ3) is 2.80. The van der Waals surface area contributed by atoms with Gasteiger partial charge in [-0.3, -0.25) is 0 Å². The molecule has 21 heavy (non-hydrogen) atoms. The fourth-order valence-corrected chi connectivity index (χ4v) is 2.65. The Morgan fingerprint density at radius 2 is 2.19 bits per heavy atom. The highest BCUT2D eigenvalue weighted by molar-refractivity contribution is 5.68. The zero-order valence-corrected chi connectivity index (χ0v) is 11.4. The van der Waals surface area contributed by atoms with Gasteiger partial charge in [0.15, 0.2) is 11.5 Å². The zero-order chi connectivity index (χ0) is 15.0. The van der Waals surface area contributed by atoms with E-state index >= 15 is 0 Å². The molecular formula is C13H15F3N4O. The molecule has 8 heteroatoms. The second-order valence-corrected chi connectivity index (χ2v) is 5.15. The van der Waals surface area contributed by atoms with E-state index in [1.165, 1.54) is 16.9 Å². The summed E-state index contributed by atoms with van der Waals surface area (Å²) in [7, 11) is 1.67. The lowest BCUT2D eigenvalue weighted by Gasteiger charge is -2.14. The Morgan fingerprint density at radius 3 is 2.86 bits per heavy atom. The molecule has 1 saturated carbocycles. The van der Waals surface area contributed by atoms with E-state index in [1.54, 1.807) is 7.11 Å². The van der Waals surface area contributed by atoms with Gasteiger partial charge < -0.3 is 10.1 Å². The summed E-state index contributed by atoms with van der Waals surface area (Å²) in [6.45, 7) is 0. The molecule has 1 fully saturated rings. The van der Waals surface area contributed by atoms with Crippen LogP contribution in [0, 0.1) is 0 Å². The number of alkyl halides is 3. The SMILES string of the molecule is COC1CCC(Nc2nccn3nc(C(F)(F)F)cc23)C1. The molecule has 0 spiro atoms. The van der Waals surface area contributed by atoms with Gasteiger partial charge in [0.05, 0.1) is 6.10 Å². The average molecular weight is 300 g/mol. The van der Waals surface area contributed by atoms with E-state index in [4.69, 9.17) is 4.74 Å². The third-order valence-corrected chi connectivity index (χ3v) is 3.74. The second-order valence-electron chi connectivity index (χ2n) is 5.15. The van der Waals surface area contributed by atoms with Crippen LogP contribution in [0.2, 0.25) is 0 Å². The van der Waals surface area contributed by atoms with Gasteiger partial charge in [0.2, 0.25) is 0 Å². The van der Waals surface area contributed by atoms with Crippen molar-refractivity contribution in [3.63, 3.8) is 0 Å². The van der Waals surface area contributed by atoms with E-state index < -0.39 is 11.9 Å². The maximum absolute atomic E-state index is 12.7. The monoisotopic (exact) mass is 300 g/mol. The van der Waals surface area contributed by atoms with Crippen LogP contribution in [0.5, 0.6) is 0 Å². The summed E-state index contributed by atoms with van der Waals surface area (Å²) in [6.07, 6.45) is 1.23. The molecule has 3 rings (SSSR count). The first-order chi connectivity index (χ1) is 9.97. The molecule has 1 N–H and O–H groups in total. The Balaban J connectivity index is 1.87. The normalized spacial score (nSPS) is 22.9. The number of ether oxygens (including phenoxy) is 1. The molecular weight excluding hydrogens is 285 g/mol. The predicted molar refractivity (Wildman–Crippen MR) is 70.0 cm³/mol. The molecule has 2 heterocycles. The summed E-state index contributed by atoms with van der Waals surface area (Å²) in [5, 5.41) is 6.73. The Bertz CT molecular complexity index is 640. The first-order valence-electron chi connectivity index (χ1n) is 6.68. The summed E-state index contributed by atoms with van der Waals surface area (Å²) in [5.74, 6) is 0.419. The van der Waals surface area contributed by atoms with Gasteiger partial charge in [-0.2, -0.15) is 18.3 Å². The maximum atomic E-state index is 12.7. The average Bonchev–Trinajstić information content (AvgIpc) is 3.04. The Morgan fingerprint density at radius 1 is 1.38 bits per heavy atom.